The monoisotopic (exact) mass is 367 g/mol. The van der Waals surface area contributed by atoms with Crippen molar-refractivity contribution in [3.8, 4) is 0 Å². The van der Waals surface area contributed by atoms with Crippen molar-refractivity contribution in [2.24, 2.45) is 0 Å². The molecule has 4 nitrogen and oxygen atoms in total. The number of halogens is 1. The minimum Gasteiger partial charge on any atom is -0.361 e. The molecule has 0 saturated heterocycles. The predicted octanol–water partition coefficient (Wildman–Crippen LogP) is 4.52. The normalized spacial score (nSPS) is 11.2. The highest BCUT2D eigenvalue weighted by Crippen LogP contribution is 2.21. The second-order valence-electron chi connectivity index (χ2n) is 5.47. The first-order valence-corrected chi connectivity index (χ1v) is 8.10. The van der Waals surface area contributed by atoms with Gasteiger partial charge in [0.15, 0.2) is 0 Å². The summed E-state index contributed by atoms with van der Waals surface area (Å²) < 4.78 is 2.95. The van der Waals surface area contributed by atoms with E-state index in [-0.39, 0.29) is 12.5 Å². The average molecular weight is 368 g/mol. The topological polar surface area (TPSA) is 49.8 Å². The molecule has 0 aliphatic rings. The SMILES string of the molecule is O=C(Cn1ccc2ccc(Br)cc21)Nc1ccc2cc[nH]c2c1. The molecule has 0 radical (unpaired) electrons. The van der Waals surface area contributed by atoms with E-state index in [0.717, 1.165) is 32.0 Å². The lowest BCUT2D eigenvalue weighted by Crippen LogP contribution is -2.18. The average Bonchev–Trinajstić information content (AvgIpc) is 3.14. The number of anilines is 1. The summed E-state index contributed by atoms with van der Waals surface area (Å²) in [7, 11) is 0. The van der Waals surface area contributed by atoms with Crippen LogP contribution in [0.3, 0.4) is 0 Å². The standard InChI is InChI=1S/C18H14BrN3O/c19-14-3-1-13-6-8-22(17(13)9-14)11-18(23)21-15-4-2-12-5-7-20-16(12)10-15/h1-10,20H,11H2,(H,21,23). The van der Waals surface area contributed by atoms with Gasteiger partial charge in [0, 0.05) is 33.6 Å². The third-order valence-corrected chi connectivity index (χ3v) is 4.38. The molecule has 0 saturated carbocycles. The smallest absolute Gasteiger partial charge is 0.244 e. The summed E-state index contributed by atoms with van der Waals surface area (Å²) in [5.74, 6) is -0.0478. The number of H-pyrrole nitrogens is 1. The molecule has 23 heavy (non-hydrogen) atoms. The molecular formula is C18H14BrN3O. The zero-order valence-corrected chi connectivity index (χ0v) is 13.8. The molecule has 0 atom stereocenters. The largest absolute Gasteiger partial charge is 0.361 e. The maximum atomic E-state index is 12.3. The van der Waals surface area contributed by atoms with Crippen LogP contribution in [0.5, 0.6) is 0 Å². The van der Waals surface area contributed by atoms with Crippen LogP contribution in [-0.4, -0.2) is 15.5 Å². The summed E-state index contributed by atoms with van der Waals surface area (Å²) in [6.07, 6.45) is 3.82. The molecule has 2 aromatic heterocycles. The quantitative estimate of drug-likeness (QED) is 0.549. The van der Waals surface area contributed by atoms with Gasteiger partial charge in [-0.2, -0.15) is 0 Å². The van der Waals surface area contributed by atoms with Crippen molar-refractivity contribution in [2.75, 3.05) is 5.32 Å². The number of rotatable bonds is 3. The molecular weight excluding hydrogens is 354 g/mol. The fraction of sp³-hybridized carbons (Fsp3) is 0.0556. The Morgan fingerprint density at radius 3 is 2.87 bits per heavy atom. The lowest BCUT2D eigenvalue weighted by molar-refractivity contribution is -0.116. The van der Waals surface area contributed by atoms with E-state index in [2.05, 4.69) is 26.2 Å². The highest BCUT2D eigenvalue weighted by atomic mass is 79.9. The lowest BCUT2D eigenvalue weighted by Gasteiger charge is -2.08. The number of aromatic nitrogens is 2. The predicted molar refractivity (Wildman–Crippen MR) is 96.6 cm³/mol. The molecule has 2 aromatic carbocycles. The number of hydrogen-bond donors (Lipinski definition) is 2. The molecule has 2 heterocycles. The van der Waals surface area contributed by atoms with Gasteiger partial charge in [0.05, 0.1) is 0 Å². The number of amides is 1. The van der Waals surface area contributed by atoms with E-state index in [1.807, 2.05) is 65.5 Å². The maximum absolute atomic E-state index is 12.3. The van der Waals surface area contributed by atoms with E-state index < -0.39 is 0 Å². The van der Waals surface area contributed by atoms with Crippen molar-refractivity contribution in [2.45, 2.75) is 6.54 Å². The zero-order chi connectivity index (χ0) is 15.8. The third-order valence-electron chi connectivity index (χ3n) is 3.89. The first-order chi connectivity index (χ1) is 11.2. The van der Waals surface area contributed by atoms with Crippen LogP contribution in [0.25, 0.3) is 21.8 Å². The number of nitrogens with zero attached hydrogens (tertiary/aromatic N) is 1. The van der Waals surface area contributed by atoms with Crippen molar-refractivity contribution in [3.05, 3.63) is 65.4 Å². The van der Waals surface area contributed by atoms with Crippen LogP contribution in [0.4, 0.5) is 5.69 Å². The van der Waals surface area contributed by atoms with Gasteiger partial charge in [-0.15, -0.1) is 0 Å². The van der Waals surface area contributed by atoms with E-state index in [0.29, 0.717) is 0 Å². The number of carbonyl (C=O) groups is 1. The van der Waals surface area contributed by atoms with Crippen LogP contribution in [0.15, 0.2) is 65.4 Å². The van der Waals surface area contributed by atoms with Gasteiger partial charge in [-0.3, -0.25) is 4.79 Å². The first-order valence-electron chi connectivity index (χ1n) is 7.30. The molecule has 0 aliphatic carbocycles. The van der Waals surface area contributed by atoms with Gasteiger partial charge < -0.3 is 14.9 Å². The van der Waals surface area contributed by atoms with Crippen molar-refractivity contribution >= 4 is 49.3 Å². The Kier molecular flexibility index (Phi) is 3.42. The number of fused-ring (bicyclic) bond motifs is 2. The van der Waals surface area contributed by atoms with E-state index in [4.69, 9.17) is 0 Å². The Hall–Kier alpha value is -2.53. The van der Waals surface area contributed by atoms with Crippen LogP contribution < -0.4 is 5.32 Å². The Bertz CT molecular complexity index is 1020. The molecule has 1 amide bonds. The Morgan fingerprint density at radius 1 is 1.09 bits per heavy atom. The summed E-state index contributed by atoms with van der Waals surface area (Å²) in [4.78, 5) is 15.5. The summed E-state index contributed by atoms with van der Waals surface area (Å²) in [5, 5.41) is 5.20. The van der Waals surface area contributed by atoms with Crippen molar-refractivity contribution in [1.82, 2.24) is 9.55 Å². The fourth-order valence-corrected chi connectivity index (χ4v) is 3.12. The zero-order valence-electron chi connectivity index (χ0n) is 12.2. The van der Waals surface area contributed by atoms with E-state index in [9.17, 15) is 4.79 Å². The van der Waals surface area contributed by atoms with E-state index >= 15 is 0 Å². The summed E-state index contributed by atoms with van der Waals surface area (Å²) in [6, 6.07) is 15.9. The second-order valence-corrected chi connectivity index (χ2v) is 6.39. The van der Waals surface area contributed by atoms with Gasteiger partial charge in [0.1, 0.15) is 6.54 Å². The number of hydrogen-bond acceptors (Lipinski definition) is 1. The van der Waals surface area contributed by atoms with Crippen molar-refractivity contribution in [3.63, 3.8) is 0 Å². The minimum atomic E-state index is -0.0478. The summed E-state index contributed by atoms with van der Waals surface area (Å²) in [5.41, 5.74) is 2.84. The third kappa shape index (κ3) is 2.75. The number of nitrogens with one attached hydrogen (secondary N) is 2. The highest BCUT2D eigenvalue weighted by molar-refractivity contribution is 9.10. The number of aromatic amines is 1. The van der Waals surface area contributed by atoms with Gasteiger partial charge in [-0.05, 0) is 47.2 Å². The molecule has 5 heteroatoms. The van der Waals surface area contributed by atoms with Gasteiger partial charge >= 0.3 is 0 Å². The van der Waals surface area contributed by atoms with E-state index in [1.54, 1.807) is 0 Å². The molecule has 0 spiro atoms. The van der Waals surface area contributed by atoms with Crippen LogP contribution in [0, 0.1) is 0 Å². The Morgan fingerprint density at radius 2 is 1.96 bits per heavy atom. The van der Waals surface area contributed by atoms with Gasteiger partial charge in [-0.25, -0.2) is 0 Å². The molecule has 0 bridgehead atoms. The fourth-order valence-electron chi connectivity index (χ4n) is 2.78. The van der Waals surface area contributed by atoms with E-state index in [1.165, 1.54) is 0 Å². The molecule has 0 fully saturated rings. The van der Waals surface area contributed by atoms with Gasteiger partial charge in [0.2, 0.25) is 5.91 Å². The first kappa shape index (κ1) is 14.1. The molecule has 114 valence electrons. The highest BCUT2D eigenvalue weighted by Gasteiger charge is 2.08. The Balaban J connectivity index is 1.55. The molecule has 0 unspecified atom stereocenters. The molecule has 2 N–H and O–H groups in total. The van der Waals surface area contributed by atoms with Crippen LogP contribution >= 0.6 is 15.9 Å². The Labute approximate surface area is 141 Å². The van der Waals surface area contributed by atoms with Crippen LogP contribution in [0.2, 0.25) is 0 Å². The van der Waals surface area contributed by atoms with Crippen molar-refractivity contribution < 1.29 is 4.79 Å². The molecule has 4 aromatic rings. The summed E-state index contributed by atoms with van der Waals surface area (Å²) >= 11 is 3.47. The van der Waals surface area contributed by atoms with Gasteiger partial charge in [-0.1, -0.05) is 28.1 Å². The van der Waals surface area contributed by atoms with Crippen LogP contribution in [-0.2, 0) is 11.3 Å². The summed E-state index contributed by atoms with van der Waals surface area (Å²) in [6.45, 7) is 0.280. The number of carbonyl (C=O) groups excluding carboxylic acids is 1. The minimum absolute atomic E-state index is 0.0478. The molecule has 4 rings (SSSR count). The lowest BCUT2D eigenvalue weighted by atomic mass is 10.2. The molecule has 0 aliphatic heterocycles. The van der Waals surface area contributed by atoms with Crippen LogP contribution in [0.1, 0.15) is 0 Å². The van der Waals surface area contributed by atoms with Crippen molar-refractivity contribution in [1.29, 1.82) is 0 Å². The maximum Gasteiger partial charge on any atom is 0.244 e. The number of benzene rings is 2. The second kappa shape index (κ2) is 5.59. The van der Waals surface area contributed by atoms with Gasteiger partial charge in [0.25, 0.3) is 0 Å².